The molecule has 0 atom stereocenters. The third-order valence-electron chi connectivity index (χ3n) is 2.18. The Hall–Kier alpha value is 0.943. The second-order valence-electron chi connectivity index (χ2n) is 3.24. The van der Waals surface area contributed by atoms with Crippen molar-refractivity contribution in [3.63, 3.8) is 0 Å². The smallest absolute Gasteiger partial charge is 1.00 e. The van der Waals surface area contributed by atoms with Gasteiger partial charge >= 0.3 is 84.8 Å². The van der Waals surface area contributed by atoms with Crippen LogP contribution in [-0.2, 0) is 24.7 Å². The van der Waals surface area contributed by atoms with Gasteiger partial charge in [0.15, 0.2) is 0 Å². The zero-order valence-electron chi connectivity index (χ0n) is 8.16. The van der Waals surface area contributed by atoms with Crippen molar-refractivity contribution < 1.29 is 49.5 Å². The van der Waals surface area contributed by atoms with E-state index >= 15 is 0 Å². The fourth-order valence-corrected chi connectivity index (χ4v) is 2.52. The van der Waals surface area contributed by atoms with Crippen LogP contribution in [0.1, 0.15) is 39.5 Å². The summed E-state index contributed by atoms with van der Waals surface area (Å²) < 4.78 is 1.63. The topological polar surface area (TPSA) is 0 Å². The summed E-state index contributed by atoms with van der Waals surface area (Å²) in [5, 5.41) is 0. The molecule has 0 radical (unpaired) electrons. The molecule has 0 saturated heterocycles. The predicted molar refractivity (Wildman–Crippen MR) is 44.9 cm³/mol. The van der Waals surface area contributed by atoms with Crippen molar-refractivity contribution in [2.24, 2.45) is 0 Å². The van der Waals surface area contributed by atoms with E-state index < -0.39 is 0 Å². The van der Waals surface area contributed by atoms with Crippen LogP contribution < -0.4 is 24.8 Å². The van der Waals surface area contributed by atoms with Gasteiger partial charge in [0, 0.05) is 0 Å². The van der Waals surface area contributed by atoms with E-state index in [0.717, 1.165) is 0 Å². The quantitative estimate of drug-likeness (QED) is 0.533. The van der Waals surface area contributed by atoms with Crippen molar-refractivity contribution in [1.29, 1.82) is 0 Å². The van der Waals surface area contributed by atoms with Crippen molar-refractivity contribution in [2.45, 2.75) is 39.5 Å². The van der Waals surface area contributed by atoms with Gasteiger partial charge in [0.1, 0.15) is 0 Å². The first-order valence-corrected chi connectivity index (χ1v) is 5.57. The van der Waals surface area contributed by atoms with E-state index in [1.165, 1.54) is 25.7 Å². The van der Waals surface area contributed by atoms with Crippen LogP contribution in [0.3, 0.4) is 0 Å². The summed E-state index contributed by atoms with van der Waals surface area (Å²) in [5.74, 6) is 0. The first-order chi connectivity index (χ1) is 5.24. The molecule has 73 valence electrons. The van der Waals surface area contributed by atoms with Gasteiger partial charge in [0.05, 0.1) is 0 Å². The van der Waals surface area contributed by atoms with Gasteiger partial charge in [0.25, 0.3) is 0 Å². The number of hydrogen-bond donors (Lipinski definition) is 0. The minimum absolute atomic E-state index is 0. The molecule has 0 N–H and O–H groups in total. The van der Waals surface area contributed by atoms with Crippen LogP contribution in [0.15, 0.2) is 20.5 Å². The Morgan fingerprint density at radius 1 is 1.38 bits per heavy atom. The molecule has 0 amide bonds. The van der Waals surface area contributed by atoms with Crippen LogP contribution in [0.25, 0.3) is 0 Å². The number of unbranched alkanes of at least 4 members (excludes halogenated alkanes) is 1. The largest absolute Gasteiger partial charge is 1.00 e. The maximum absolute atomic E-state index is 2.36. The summed E-state index contributed by atoms with van der Waals surface area (Å²) in [5.41, 5.74) is 3.24. The summed E-state index contributed by atoms with van der Waals surface area (Å²) in [6.07, 6.45) is 7.66. The van der Waals surface area contributed by atoms with Crippen LogP contribution in [0.2, 0.25) is 0 Å². The average molecular weight is 297 g/mol. The molecule has 0 fully saturated rings. The zero-order valence-corrected chi connectivity index (χ0v) is 12.1. The number of allylic oxidation sites excluding steroid dienone is 4. The Kier molecular flexibility index (Phi) is 10.4. The van der Waals surface area contributed by atoms with E-state index in [4.69, 9.17) is 0 Å². The Labute approximate surface area is 109 Å². The van der Waals surface area contributed by atoms with Crippen molar-refractivity contribution in [2.75, 3.05) is 0 Å². The molecule has 1 aliphatic rings. The van der Waals surface area contributed by atoms with Gasteiger partial charge in [0.2, 0.25) is 0 Å². The molecule has 3 heteroatoms. The third-order valence-corrected chi connectivity index (χ3v) is 2.97. The Morgan fingerprint density at radius 3 is 2.38 bits per heavy atom. The number of hydrogen-bond acceptors (Lipinski definition) is 0. The molecule has 0 aromatic heterocycles. The van der Waals surface area contributed by atoms with Gasteiger partial charge in [-0.2, -0.15) is 0 Å². The molecule has 1 aliphatic carbocycles. The molecule has 1 rings (SSSR count). The van der Waals surface area contributed by atoms with E-state index in [1.807, 2.05) is 0 Å². The zero-order chi connectivity index (χ0) is 8.27. The summed E-state index contributed by atoms with van der Waals surface area (Å²) in [7, 11) is 0. The molecule has 0 saturated carbocycles. The number of rotatable bonds is 3. The van der Waals surface area contributed by atoms with Gasteiger partial charge in [-0.25, -0.2) is 0 Å². The van der Waals surface area contributed by atoms with Gasteiger partial charge in [-0.3, -0.25) is 0 Å². The van der Waals surface area contributed by atoms with Crippen LogP contribution in [0.5, 0.6) is 0 Å². The number of halogens is 2. The Bertz CT molecular complexity index is 207. The minimum atomic E-state index is 0. The van der Waals surface area contributed by atoms with Crippen LogP contribution in [0.4, 0.5) is 0 Å². The Morgan fingerprint density at radius 2 is 2.00 bits per heavy atom. The summed E-state index contributed by atoms with van der Waals surface area (Å²) in [6, 6.07) is 0. The maximum atomic E-state index is 2.36. The second kappa shape index (κ2) is 8.27. The molecule has 0 unspecified atom stereocenters. The molecular formula is C10H15Cl2Zr. The fourth-order valence-electron chi connectivity index (χ4n) is 1.46. The third kappa shape index (κ3) is 5.40. The standard InChI is InChI=1S/C10H15.2ClH.Zr/c1-3-4-7-10-8-5-6-9(10)2;;;/h6H,3-4,7-8H2,1-2H3;2*1H;/q;;;+2/p-2. The van der Waals surface area contributed by atoms with E-state index in [-0.39, 0.29) is 24.8 Å². The Balaban J connectivity index is 0. The first-order valence-electron chi connectivity index (χ1n) is 4.35. The fraction of sp³-hybridized carbons (Fsp3) is 0.600. The molecule has 0 aliphatic heterocycles. The molecule has 0 aromatic carbocycles. The van der Waals surface area contributed by atoms with Crippen molar-refractivity contribution in [3.05, 3.63) is 20.5 Å². The summed E-state index contributed by atoms with van der Waals surface area (Å²) >= 11 is 1.60. The molecule has 13 heavy (non-hydrogen) atoms. The van der Waals surface area contributed by atoms with E-state index in [0.29, 0.717) is 0 Å². The molecule has 0 spiro atoms. The SMILES string of the molecule is CCCCC1=C(C)C=[C]([Zr+2])C1.[Cl-].[Cl-]. The van der Waals surface area contributed by atoms with Gasteiger partial charge in [-0.1, -0.05) is 0 Å². The second-order valence-corrected chi connectivity index (χ2v) is 4.82. The van der Waals surface area contributed by atoms with Gasteiger partial charge < -0.3 is 24.8 Å². The molecule has 0 heterocycles. The van der Waals surface area contributed by atoms with Gasteiger partial charge in [-0.05, 0) is 0 Å². The normalized spacial score (nSPS) is 14.9. The van der Waals surface area contributed by atoms with E-state index in [1.54, 1.807) is 39.1 Å². The van der Waals surface area contributed by atoms with Crippen LogP contribution in [-0.4, -0.2) is 0 Å². The van der Waals surface area contributed by atoms with Crippen LogP contribution >= 0.6 is 0 Å². The minimum Gasteiger partial charge on any atom is -1.00 e. The van der Waals surface area contributed by atoms with Crippen molar-refractivity contribution >= 4 is 0 Å². The monoisotopic (exact) mass is 295 g/mol. The maximum Gasteiger partial charge on any atom is -1.00 e. The van der Waals surface area contributed by atoms with Crippen LogP contribution in [0, 0.1) is 0 Å². The first kappa shape index (κ1) is 16.4. The van der Waals surface area contributed by atoms with E-state index in [2.05, 4.69) is 19.9 Å². The van der Waals surface area contributed by atoms with Crippen molar-refractivity contribution in [1.82, 2.24) is 0 Å². The molecular weight excluding hydrogens is 282 g/mol. The van der Waals surface area contributed by atoms with Crippen molar-refractivity contribution in [3.8, 4) is 0 Å². The molecule has 0 nitrogen and oxygen atoms in total. The predicted octanol–water partition coefficient (Wildman–Crippen LogP) is -2.66. The molecule has 0 bridgehead atoms. The molecule has 0 aromatic rings. The summed E-state index contributed by atoms with van der Waals surface area (Å²) in [4.78, 5) is 0. The summed E-state index contributed by atoms with van der Waals surface area (Å²) in [6.45, 7) is 4.51. The van der Waals surface area contributed by atoms with Gasteiger partial charge in [-0.15, -0.1) is 0 Å². The average Bonchev–Trinajstić information content (AvgIpc) is 2.26. The van der Waals surface area contributed by atoms with E-state index in [9.17, 15) is 0 Å².